The zero-order chi connectivity index (χ0) is 21.3. The highest BCUT2D eigenvalue weighted by atomic mass is 32.2. The maximum Gasteiger partial charge on any atom is 0.255 e. The van der Waals surface area contributed by atoms with Gasteiger partial charge in [0.05, 0.1) is 11.8 Å². The number of guanidine groups is 1. The summed E-state index contributed by atoms with van der Waals surface area (Å²) in [5.41, 5.74) is 5.60. The van der Waals surface area contributed by atoms with E-state index in [9.17, 15) is 22.0 Å². The second-order valence-corrected chi connectivity index (χ2v) is 9.22. The molecule has 1 atom stereocenters. The zero-order valence-corrected chi connectivity index (χ0v) is 17.2. The number of rotatable bonds is 4. The highest BCUT2D eigenvalue weighted by molar-refractivity contribution is 7.98. The zero-order valence-electron chi connectivity index (χ0n) is 15.5. The molecule has 0 aromatic heterocycles. The summed E-state index contributed by atoms with van der Waals surface area (Å²) in [4.78, 5) is 17.3. The number of hydrogen-bond donors (Lipinski definition) is 2. The molecule has 0 aliphatic carbocycles. The molecule has 0 spiro atoms. The summed E-state index contributed by atoms with van der Waals surface area (Å²) in [6.07, 6.45) is 1.90. The van der Waals surface area contributed by atoms with Crippen molar-refractivity contribution in [2.24, 2.45) is 10.7 Å². The van der Waals surface area contributed by atoms with Crippen LogP contribution in [0.15, 0.2) is 46.3 Å². The smallest absolute Gasteiger partial charge is 0.255 e. The van der Waals surface area contributed by atoms with Crippen LogP contribution in [-0.4, -0.2) is 43.6 Å². The first kappa shape index (κ1) is 21.1. The third-order valence-electron chi connectivity index (χ3n) is 4.42. The molecule has 11 heteroatoms. The molecule has 0 fully saturated rings. The van der Waals surface area contributed by atoms with Crippen LogP contribution in [0.3, 0.4) is 0 Å². The van der Waals surface area contributed by atoms with Crippen LogP contribution < -0.4 is 11.1 Å². The van der Waals surface area contributed by atoms with Crippen LogP contribution in [0.2, 0.25) is 0 Å². The van der Waals surface area contributed by atoms with Gasteiger partial charge in [0.15, 0.2) is 11.6 Å². The van der Waals surface area contributed by atoms with Gasteiger partial charge in [-0.1, -0.05) is 0 Å². The third kappa shape index (κ3) is 4.35. The van der Waals surface area contributed by atoms with Gasteiger partial charge in [-0.05, 0) is 36.6 Å². The van der Waals surface area contributed by atoms with Gasteiger partial charge in [0, 0.05) is 34.8 Å². The highest BCUT2D eigenvalue weighted by Crippen LogP contribution is 2.30. The molecule has 3 rings (SSSR count). The SMILES string of the molecule is CSc1ccc(C(=O)Nc2cc(F)c(F)c([C@@H]3CS(=O)(=O)N(C)C(N)=N3)c2)cc1. The van der Waals surface area contributed by atoms with E-state index in [2.05, 4.69) is 10.3 Å². The van der Waals surface area contributed by atoms with E-state index in [0.29, 0.717) is 5.56 Å². The molecule has 0 radical (unpaired) electrons. The Morgan fingerprint density at radius 1 is 1.28 bits per heavy atom. The quantitative estimate of drug-likeness (QED) is 0.711. The number of benzene rings is 2. The molecule has 1 amide bonds. The Hall–Kier alpha value is -2.66. The Morgan fingerprint density at radius 3 is 2.52 bits per heavy atom. The molecule has 7 nitrogen and oxygen atoms in total. The normalized spacial score (nSPS) is 18.3. The van der Waals surface area contributed by atoms with Crippen molar-refractivity contribution < 1.29 is 22.0 Å². The highest BCUT2D eigenvalue weighted by Gasteiger charge is 2.33. The fourth-order valence-corrected chi connectivity index (χ4v) is 4.38. The first-order valence-electron chi connectivity index (χ1n) is 8.36. The number of aliphatic imine (C=N–C) groups is 1. The standard InChI is InChI=1S/C18H18F2N4O3S2/c1-24-18(21)23-15(9-29(24,26)27)13-7-11(8-14(19)16(13)20)22-17(25)10-3-5-12(28-2)6-4-10/h3-8,15H,9H2,1-2H3,(H2,21,23)(H,22,25)/t15-/m0/s1. The van der Waals surface area contributed by atoms with Crippen LogP contribution in [0.5, 0.6) is 0 Å². The van der Waals surface area contributed by atoms with Gasteiger partial charge in [-0.2, -0.15) is 0 Å². The topological polar surface area (TPSA) is 105 Å². The number of anilines is 1. The average molecular weight is 440 g/mol. The van der Waals surface area contributed by atoms with Crippen molar-refractivity contribution in [1.82, 2.24) is 4.31 Å². The Bertz CT molecular complexity index is 1090. The van der Waals surface area contributed by atoms with Crippen LogP contribution in [0, 0.1) is 11.6 Å². The first-order chi connectivity index (χ1) is 13.6. The van der Waals surface area contributed by atoms with E-state index < -0.39 is 39.4 Å². The van der Waals surface area contributed by atoms with Crippen LogP contribution in [-0.2, 0) is 10.0 Å². The number of nitrogens with two attached hydrogens (primary N) is 1. The van der Waals surface area contributed by atoms with Crippen molar-refractivity contribution >= 4 is 39.3 Å². The number of halogens is 2. The van der Waals surface area contributed by atoms with Crippen molar-refractivity contribution in [1.29, 1.82) is 0 Å². The largest absolute Gasteiger partial charge is 0.369 e. The minimum absolute atomic E-state index is 0.0251. The summed E-state index contributed by atoms with van der Waals surface area (Å²) >= 11 is 1.52. The first-order valence-corrected chi connectivity index (χ1v) is 11.2. The Labute approximate surface area is 171 Å². The third-order valence-corrected chi connectivity index (χ3v) is 6.92. The van der Waals surface area contributed by atoms with Gasteiger partial charge < -0.3 is 11.1 Å². The second kappa shape index (κ2) is 7.99. The molecular formula is C18H18F2N4O3S2. The molecule has 154 valence electrons. The minimum atomic E-state index is -3.82. The maximum atomic E-state index is 14.4. The van der Waals surface area contributed by atoms with E-state index in [4.69, 9.17) is 5.73 Å². The summed E-state index contributed by atoms with van der Waals surface area (Å²) in [5.74, 6) is -3.90. The molecule has 2 aromatic rings. The Balaban J connectivity index is 1.92. The fourth-order valence-electron chi connectivity index (χ4n) is 2.76. The lowest BCUT2D eigenvalue weighted by atomic mass is 10.1. The Morgan fingerprint density at radius 2 is 1.93 bits per heavy atom. The van der Waals surface area contributed by atoms with Crippen molar-refractivity contribution in [2.75, 3.05) is 24.4 Å². The number of carbonyl (C=O) groups is 1. The number of sulfonamides is 1. The predicted octanol–water partition coefficient (Wildman–Crippen LogP) is 2.57. The van der Waals surface area contributed by atoms with Crippen LogP contribution in [0.4, 0.5) is 14.5 Å². The average Bonchev–Trinajstić information content (AvgIpc) is 2.68. The van der Waals surface area contributed by atoms with Crippen LogP contribution in [0.1, 0.15) is 22.0 Å². The molecule has 29 heavy (non-hydrogen) atoms. The number of hydrogen-bond acceptors (Lipinski definition) is 6. The van der Waals surface area contributed by atoms with E-state index in [0.717, 1.165) is 21.3 Å². The molecule has 0 bridgehead atoms. The number of carbonyl (C=O) groups excluding carboxylic acids is 1. The summed E-state index contributed by atoms with van der Waals surface area (Å²) < 4.78 is 53.6. The van der Waals surface area contributed by atoms with E-state index in [1.165, 1.54) is 18.8 Å². The lowest BCUT2D eigenvalue weighted by molar-refractivity contribution is 0.102. The van der Waals surface area contributed by atoms with Gasteiger partial charge in [0.1, 0.15) is 0 Å². The van der Waals surface area contributed by atoms with Gasteiger partial charge in [-0.15, -0.1) is 11.8 Å². The van der Waals surface area contributed by atoms with Gasteiger partial charge >= 0.3 is 0 Å². The van der Waals surface area contributed by atoms with Crippen molar-refractivity contribution in [2.45, 2.75) is 10.9 Å². The lowest BCUT2D eigenvalue weighted by Crippen LogP contribution is -2.45. The van der Waals surface area contributed by atoms with Crippen molar-refractivity contribution in [3.8, 4) is 0 Å². The molecule has 0 unspecified atom stereocenters. The van der Waals surface area contributed by atoms with Crippen molar-refractivity contribution in [3.05, 3.63) is 59.2 Å². The van der Waals surface area contributed by atoms with Crippen LogP contribution in [0.25, 0.3) is 0 Å². The van der Waals surface area contributed by atoms with Crippen molar-refractivity contribution in [3.63, 3.8) is 0 Å². The predicted molar refractivity (Wildman–Crippen MR) is 108 cm³/mol. The summed E-state index contributed by atoms with van der Waals surface area (Å²) in [6.45, 7) is 0. The second-order valence-electron chi connectivity index (χ2n) is 6.29. The molecule has 2 aromatic carbocycles. The molecule has 3 N–H and O–H groups in total. The molecule has 0 saturated carbocycles. The summed E-state index contributed by atoms with van der Waals surface area (Å²) in [6, 6.07) is 7.49. The number of nitrogens with one attached hydrogen (secondary N) is 1. The molecule has 1 aliphatic heterocycles. The molecular weight excluding hydrogens is 422 g/mol. The van der Waals surface area contributed by atoms with E-state index >= 15 is 0 Å². The monoisotopic (exact) mass is 440 g/mol. The lowest BCUT2D eigenvalue weighted by Gasteiger charge is -2.27. The van der Waals surface area contributed by atoms with E-state index in [-0.39, 0.29) is 17.2 Å². The summed E-state index contributed by atoms with van der Waals surface area (Å²) in [7, 11) is -2.60. The number of amides is 1. The summed E-state index contributed by atoms with van der Waals surface area (Å²) in [5, 5.41) is 2.49. The number of nitrogens with zero attached hydrogens (tertiary/aromatic N) is 2. The molecule has 1 heterocycles. The van der Waals surface area contributed by atoms with Crippen LogP contribution >= 0.6 is 11.8 Å². The van der Waals surface area contributed by atoms with E-state index in [1.807, 2.05) is 6.26 Å². The molecule has 0 saturated heterocycles. The maximum absolute atomic E-state index is 14.4. The molecule has 1 aliphatic rings. The van der Waals surface area contributed by atoms with Gasteiger partial charge in [-0.3, -0.25) is 4.79 Å². The van der Waals surface area contributed by atoms with E-state index in [1.54, 1.807) is 24.3 Å². The Kier molecular flexibility index (Phi) is 5.80. The fraction of sp³-hybridized carbons (Fsp3) is 0.222. The number of thioether (sulfide) groups is 1. The van der Waals surface area contributed by atoms with Gasteiger partial charge in [-0.25, -0.2) is 26.5 Å². The van der Waals surface area contributed by atoms with Gasteiger partial charge in [0.2, 0.25) is 16.0 Å². The minimum Gasteiger partial charge on any atom is -0.369 e. The van der Waals surface area contributed by atoms with Gasteiger partial charge in [0.25, 0.3) is 5.91 Å².